The zero-order valence-electron chi connectivity index (χ0n) is 45.9. The van der Waals surface area contributed by atoms with E-state index in [9.17, 15) is 19.4 Å². The third-order valence-corrected chi connectivity index (χ3v) is 15.1. The maximum absolute atomic E-state index is 12.9. The first-order chi connectivity index (χ1) is 32.5. The van der Waals surface area contributed by atoms with Crippen molar-refractivity contribution < 1.29 is 32.9 Å². The molecule has 9 heteroatoms. The fourth-order valence-electron chi connectivity index (χ4n) is 9.40. The van der Waals surface area contributed by atoms with E-state index >= 15 is 0 Å². The van der Waals surface area contributed by atoms with Crippen LogP contribution in [0.15, 0.2) is 0 Å². The Labute approximate surface area is 419 Å². The van der Waals surface area contributed by atoms with Crippen molar-refractivity contribution in [3.8, 4) is 0 Å². The summed E-state index contributed by atoms with van der Waals surface area (Å²) in [4.78, 5) is 23.2. The van der Waals surface area contributed by atoms with Crippen LogP contribution in [0.4, 0.5) is 0 Å². The molecule has 402 valence electrons. The van der Waals surface area contributed by atoms with Gasteiger partial charge in [-0.1, -0.05) is 296 Å². The van der Waals surface area contributed by atoms with E-state index in [1.165, 1.54) is 250 Å². The van der Waals surface area contributed by atoms with E-state index in [1.807, 2.05) is 21.1 Å². The number of amides is 1. The number of aliphatic hydroxyl groups is 1. The fourth-order valence-corrected chi connectivity index (χ4v) is 10.1. The molecule has 1 amide bonds. The van der Waals surface area contributed by atoms with E-state index in [-0.39, 0.29) is 19.1 Å². The van der Waals surface area contributed by atoms with E-state index in [0.29, 0.717) is 23.9 Å². The van der Waals surface area contributed by atoms with Gasteiger partial charge in [0.2, 0.25) is 5.91 Å². The van der Waals surface area contributed by atoms with Crippen molar-refractivity contribution in [2.45, 2.75) is 328 Å². The Bertz CT molecular complexity index is 1060. The number of carbonyl (C=O) groups is 1. The Morgan fingerprint density at radius 1 is 0.448 bits per heavy atom. The number of phosphoric ester groups is 1. The number of likely N-dealkylation sites (N-methyl/N-ethyl adjacent to an activating group) is 1. The number of carbonyl (C=O) groups excluding carboxylic acids is 1. The quantitative estimate of drug-likeness (QED) is 0.0319. The van der Waals surface area contributed by atoms with Crippen molar-refractivity contribution in [1.82, 2.24) is 5.32 Å². The highest BCUT2D eigenvalue weighted by molar-refractivity contribution is 7.47. The normalized spacial score (nSPS) is 13.8. The summed E-state index contributed by atoms with van der Waals surface area (Å²) in [5.41, 5.74) is 0. The molecular weight excluding hydrogens is 852 g/mol. The Morgan fingerprint density at radius 2 is 0.716 bits per heavy atom. The fraction of sp³-hybridized carbons (Fsp3) is 0.983. The minimum absolute atomic E-state index is 0.0784. The molecule has 0 aliphatic carbocycles. The highest BCUT2D eigenvalue weighted by atomic mass is 31.2. The molecule has 8 nitrogen and oxygen atoms in total. The van der Waals surface area contributed by atoms with Crippen LogP contribution in [0.5, 0.6) is 0 Å². The molecule has 0 aromatic heterocycles. The molecule has 0 aliphatic rings. The topological polar surface area (TPSA) is 105 Å². The van der Waals surface area contributed by atoms with Gasteiger partial charge in [-0.15, -0.1) is 0 Å². The van der Waals surface area contributed by atoms with Crippen LogP contribution in [0.1, 0.15) is 316 Å². The third-order valence-electron chi connectivity index (χ3n) is 14.1. The maximum Gasteiger partial charge on any atom is 0.472 e. The van der Waals surface area contributed by atoms with Crippen LogP contribution in [0, 0.1) is 0 Å². The Morgan fingerprint density at radius 3 is 1.00 bits per heavy atom. The smallest absolute Gasteiger partial charge is 0.391 e. The number of hydrogen-bond acceptors (Lipinski definition) is 5. The molecule has 0 rings (SSSR count). The number of phosphoric acid groups is 1. The van der Waals surface area contributed by atoms with Crippen molar-refractivity contribution in [3.05, 3.63) is 0 Å². The second-order valence-corrected chi connectivity index (χ2v) is 23.5. The molecule has 0 aromatic carbocycles. The number of hydrogen-bond donors (Lipinski definition) is 3. The first-order valence-corrected chi connectivity index (χ1v) is 31.4. The predicted octanol–water partition coefficient (Wildman–Crippen LogP) is 18.0. The molecular formula is C58H120N2O6P+. The van der Waals surface area contributed by atoms with Gasteiger partial charge >= 0.3 is 7.82 Å². The van der Waals surface area contributed by atoms with Crippen molar-refractivity contribution in [2.75, 3.05) is 40.9 Å². The summed E-state index contributed by atoms with van der Waals surface area (Å²) in [5, 5.41) is 14.0. The number of quaternary nitrogens is 1. The molecule has 0 aliphatic heterocycles. The van der Waals surface area contributed by atoms with Crippen molar-refractivity contribution in [2.24, 2.45) is 0 Å². The molecule has 1 unspecified atom stereocenters. The van der Waals surface area contributed by atoms with Gasteiger partial charge in [0.25, 0.3) is 0 Å². The van der Waals surface area contributed by atoms with Gasteiger partial charge in [0.15, 0.2) is 0 Å². The lowest BCUT2D eigenvalue weighted by Crippen LogP contribution is -2.46. The molecule has 0 fully saturated rings. The van der Waals surface area contributed by atoms with Gasteiger partial charge < -0.3 is 19.8 Å². The van der Waals surface area contributed by atoms with Gasteiger partial charge in [0.05, 0.1) is 39.9 Å². The van der Waals surface area contributed by atoms with Crippen LogP contribution >= 0.6 is 7.82 Å². The minimum atomic E-state index is -4.31. The Hall–Kier alpha value is -0.500. The molecule has 0 aromatic rings. The van der Waals surface area contributed by atoms with Gasteiger partial charge in [0, 0.05) is 6.42 Å². The molecule has 0 radical (unpaired) electrons. The second-order valence-electron chi connectivity index (χ2n) is 22.1. The lowest BCUT2D eigenvalue weighted by atomic mass is 10.0. The SMILES string of the molecule is CCCCCCCCCCCCCCCCCCCCCCCCCCCCCCCCCCCCCCC(=O)N[C@@H](COP(=O)(O)OCC[N+](C)(C)C)[C@H](O)CCCCCCCCCCC. The van der Waals surface area contributed by atoms with E-state index in [4.69, 9.17) is 9.05 Å². The number of nitrogens with zero attached hydrogens (tertiary/aromatic N) is 1. The van der Waals surface area contributed by atoms with Crippen molar-refractivity contribution >= 4 is 13.7 Å². The van der Waals surface area contributed by atoms with Crippen LogP contribution in [0.3, 0.4) is 0 Å². The maximum atomic E-state index is 12.9. The number of aliphatic hydroxyl groups excluding tert-OH is 1. The zero-order valence-corrected chi connectivity index (χ0v) is 46.8. The standard InChI is InChI=1S/C58H119N2O6P/c1-6-8-10-12-14-16-17-18-19-20-21-22-23-24-25-26-27-28-29-30-31-32-33-34-35-36-37-38-39-40-41-42-44-46-48-50-52-58(62)59-56(55-66-67(63,64)65-54-53-60(3,4)5)57(61)51-49-47-45-43-15-13-11-9-7-2/h56-57,61H,6-55H2,1-5H3,(H-,59,62,63,64)/p+1/t56-,57+/m0/s1. The summed E-state index contributed by atoms with van der Waals surface area (Å²) in [5.74, 6) is -0.139. The lowest BCUT2D eigenvalue weighted by Gasteiger charge is -2.26. The summed E-state index contributed by atoms with van der Waals surface area (Å²) in [6.45, 7) is 4.90. The van der Waals surface area contributed by atoms with Crippen LogP contribution in [-0.4, -0.2) is 73.4 Å². The molecule has 0 saturated heterocycles. The van der Waals surface area contributed by atoms with Crippen LogP contribution in [-0.2, 0) is 18.4 Å². The number of nitrogens with one attached hydrogen (secondary N) is 1. The average Bonchev–Trinajstić information content (AvgIpc) is 3.29. The van der Waals surface area contributed by atoms with Gasteiger partial charge in [-0.25, -0.2) is 4.57 Å². The second kappa shape index (κ2) is 50.4. The van der Waals surface area contributed by atoms with E-state index in [2.05, 4.69) is 19.2 Å². The highest BCUT2D eigenvalue weighted by Crippen LogP contribution is 2.43. The predicted molar refractivity (Wildman–Crippen MR) is 291 cm³/mol. The molecule has 0 bridgehead atoms. The number of rotatable bonds is 56. The number of unbranched alkanes of at least 4 members (excludes halogenated alkanes) is 43. The van der Waals surface area contributed by atoms with Crippen molar-refractivity contribution in [3.63, 3.8) is 0 Å². The first kappa shape index (κ1) is 66.5. The zero-order chi connectivity index (χ0) is 49.2. The summed E-state index contributed by atoms with van der Waals surface area (Å²) < 4.78 is 23.7. The first-order valence-electron chi connectivity index (χ1n) is 29.9. The third kappa shape index (κ3) is 53.1. The molecule has 3 atom stereocenters. The summed E-state index contributed by atoms with van der Waals surface area (Å²) in [7, 11) is 1.63. The van der Waals surface area contributed by atoms with Gasteiger partial charge in [0.1, 0.15) is 13.2 Å². The van der Waals surface area contributed by atoms with E-state index in [0.717, 1.165) is 38.5 Å². The minimum Gasteiger partial charge on any atom is -0.391 e. The van der Waals surface area contributed by atoms with Gasteiger partial charge in [-0.3, -0.25) is 13.8 Å². The molecule has 0 heterocycles. The largest absolute Gasteiger partial charge is 0.472 e. The van der Waals surface area contributed by atoms with Gasteiger partial charge in [-0.2, -0.15) is 0 Å². The Balaban J connectivity index is 3.77. The van der Waals surface area contributed by atoms with Crippen molar-refractivity contribution in [1.29, 1.82) is 0 Å². The summed E-state index contributed by atoms with van der Waals surface area (Å²) in [6.07, 6.45) is 60.7. The van der Waals surface area contributed by atoms with Crippen LogP contribution in [0.25, 0.3) is 0 Å². The average molecular weight is 973 g/mol. The monoisotopic (exact) mass is 972 g/mol. The Kier molecular flexibility index (Phi) is 50.1. The molecule has 67 heavy (non-hydrogen) atoms. The van der Waals surface area contributed by atoms with Gasteiger partial charge in [-0.05, 0) is 12.8 Å². The highest BCUT2D eigenvalue weighted by Gasteiger charge is 2.28. The molecule has 3 N–H and O–H groups in total. The lowest BCUT2D eigenvalue weighted by molar-refractivity contribution is -0.870. The van der Waals surface area contributed by atoms with E-state index < -0.39 is 20.0 Å². The summed E-state index contributed by atoms with van der Waals surface area (Å²) >= 11 is 0. The molecule has 0 saturated carbocycles. The van der Waals surface area contributed by atoms with E-state index in [1.54, 1.807) is 0 Å². The molecule has 0 spiro atoms. The summed E-state index contributed by atoms with van der Waals surface area (Å²) in [6, 6.07) is -0.753. The van der Waals surface area contributed by atoms with Crippen LogP contribution < -0.4 is 5.32 Å². The van der Waals surface area contributed by atoms with Crippen LogP contribution in [0.2, 0.25) is 0 Å².